The molecular weight excluding hydrogens is 263 g/mol. The van der Waals surface area contributed by atoms with E-state index in [4.69, 9.17) is 28.9 Å². The topological polar surface area (TPSA) is 75.3 Å². The van der Waals surface area contributed by atoms with Crippen molar-refractivity contribution in [3.05, 3.63) is 33.8 Å². The summed E-state index contributed by atoms with van der Waals surface area (Å²) >= 11 is 11.7. The Balaban J connectivity index is 2.66. The standard InChI is InChI=1S/C11H14Cl2N2O2/c1-6(11(14)17)15-5-10(16)8-4-7(12)2-3-9(8)13/h2-4,6,10,15-16H,5H2,1H3,(H2,14,17). The summed E-state index contributed by atoms with van der Waals surface area (Å²) in [4.78, 5) is 10.8. The Bertz CT molecular complexity index is 412. The smallest absolute Gasteiger partial charge is 0.234 e. The Morgan fingerprint density at radius 3 is 2.76 bits per heavy atom. The lowest BCUT2D eigenvalue weighted by Crippen LogP contribution is -2.40. The van der Waals surface area contributed by atoms with E-state index in [9.17, 15) is 9.90 Å². The second-order valence-corrected chi connectivity index (χ2v) is 4.56. The van der Waals surface area contributed by atoms with Gasteiger partial charge in [0.05, 0.1) is 12.1 Å². The van der Waals surface area contributed by atoms with Gasteiger partial charge in [0.15, 0.2) is 0 Å². The van der Waals surface area contributed by atoms with E-state index in [0.717, 1.165) is 0 Å². The van der Waals surface area contributed by atoms with Crippen molar-refractivity contribution in [3.63, 3.8) is 0 Å². The fourth-order valence-corrected chi connectivity index (χ4v) is 1.69. The molecular formula is C11H14Cl2N2O2. The molecule has 94 valence electrons. The number of carbonyl (C=O) groups excluding carboxylic acids is 1. The number of aliphatic hydroxyl groups is 1. The number of carbonyl (C=O) groups is 1. The summed E-state index contributed by atoms with van der Waals surface area (Å²) in [5.41, 5.74) is 5.60. The third kappa shape index (κ3) is 4.16. The number of benzene rings is 1. The number of amides is 1. The predicted molar refractivity (Wildman–Crippen MR) is 68.1 cm³/mol. The number of rotatable bonds is 5. The normalized spacial score (nSPS) is 14.4. The summed E-state index contributed by atoms with van der Waals surface area (Å²) in [5.74, 6) is -0.477. The third-order valence-corrected chi connectivity index (χ3v) is 2.94. The van der Waals surface area contributed by atoms with Gasteiger partial charge in [-0.1, -0.05) is 23.2 Å². The average molecular weight is 277 g/mol. The Labute approximate surface area is 110 Å². The molecule has 1 aromatic rings. The number of primary amides is 1. The van der Waals surface area contributed by atoms with Crippen LogP contribution in [0.15, 0.2) is 18.2 Å². The minimum Gasteiger partial charge on any atom is -0.387 e. The maximum absolute atomic E-state index is 10.8. The van der Waals surface area contributed by atoms with Crippen LogP contribution >= 0.6 is 23.2 Å². The van der Waals surface area contributed by atoms with Crippen LogP contribution in [0.1, 0.15) is 18.6 Å². The Morgan fingerprint density at radius 1 is 1.53 bits per heavy atom. The Morgan fingerprint density at radius 2 is 2.18 bits per heavy atom. The van der Waals surface area contributed by atoms with Crippen molar-refractivity contribution in [1.29, 1.82) is 0 Å². The minimum atomic E-state index is -0.844. The van der Waals surface area contributed by atoms with Crippen molar-refractivity contribution in [2.24, 2.45) is 5.73 Å². The number of aliphatic hydroxyl groups excluding tert-OH is 1. The van der Waals surface area contributed by atoms with Crippen LogP contribution in [-0.2, 0) is 4.79 Å². The zero-order chi connectivity index (χ0) is 13.0. The van der Waals surface area contributed by atoms with Gasteiger partial charge in [-0.15, -0.1) is 0 Å². The van der Waals surface area contributed by atoms with E-state index in [2.05, 4.69) is 5.32 Å². The van der Waals surface area contributed by atoms with Gasteiger partial charge in [0.2, 0.25) is 5.91 Å². The molecule has 6 heteroatoms. The van der Waals surface area contributed by atoms with Gasteiger partial charge >= 0.3 is 0 Å². The van der Waals surface area contributed by atoms with Gasteiger partial charge in [0.1, 0.15) is 0 Å². The van der Waals surface area contributed by atoms with Crippen molar-refractivity contribution in [2.45, 2.75) is 19.1 Å². The van der Waals surface area contributed by atoms with Gasteiger partial charge < -0.3 is 16.2 Å². The molecule has 1 rings (SSSR count). The lowest BCUT2D eigenvalue weighted by atomic mass is 10.1. The summed E-state index contributed by atoms with van der Waals surface area (Å²) in [5, 5.41) is 13.6. The monoisotopic (exact) mass is 276 g/mol. The Hall–Kier alpha value is -0.810. The van der Waals surface area contributed by atoms with Gasteiger partial charge in [-0.05, 0) is 25.1 Å². The molecule has 0 aliphatic heterocycles. The lowest BCUT2D eigenvalue weighted by Gasteiger charge is -2.16. The van der Waals surface area contributed by atoms with E-state index in [1.54, 1.807) is 25.1 Å². The molecule has 0 bridgehead atoms. The molecule has 0 saturated carbocycles. The van der Waals surface area contributed by atoms with Crippen LogP contribution in [0.5, 0.6) is 0 Å². The first kappa shape index (κ1) is 14.3. The molecule has 0 fully saturated rings. The van der Waals surface area contributed by atoms with E-state index < -0.39 is 18.1 Å². The summed E-state index contributed by atoms with van der Waals surface area (Å²) in [6.45, 7) is 1.79. The van der Waals surface area contributed by atoms with Crippen molar-refractivity contribution < 1.29 is 9.90 Å². The molecule has 0 aromatic heterocycles. The van der Waals surface area contributed by atoms with Crippen molar-refractivity contribution in [3.8, 4) is 0 Å². The molecule has 1 aromatic carbocycles. The van der Waals surface area contributed by atoms with Gasteiger partial charge in [-0.2, -0.15) is 0 Å². The first-order chi connectivity index (χ1) is 7.91. The molecule has 2 atom stereocenters. The molecule has 17 heavy (non-hydrogen) atoms. The minimum absolute atomic E-state index is 0.171. The van der Waals surface area contributed by atoms with E-state index in [1.807, 2.05) is 0 Å². The first-order valence-corrected chi connectivity index (χ1v) is 5.83. The van der Waals surface area contributed by atoms with Crippen LogP contribution in [0.2, 0.25) is 10.0 Å². The second-order valence-electron chi connectivity index (χ2n) is 3.71. The van der Waals surface area contributed by atoms with Crippen LogP contribution in [0.25, 0.3) is 0 Å². The molecule has 0 aliphatic carbocycles. The molecule has 0 saturated heterocycles. The molecule has 4 nitrogen and oxygen atoms in total. The van der Waals surface area contributed by atoms with Gasteiger partial charge in [-0.25, -0.2) is 0 Å². The molecule has 4 N–H and O–H groups in total. The van der Waals surface area contributed by atoms with Crippen molar-refractivity contribution >= 4 is 29.1 Å². The highest BCUT2D eigenvalue weighted by Gasteiger charge is 2.15. The SMILES string of the molecule is CC(NCC(O)c1cc(Cl)ccc1Cl)C(N)=O. The number of nitrogens with one attached hydrogen (secondary N) is 1. The molecule has 0 heterocycles. The zero-order valence-corrected chi connectivity index (χ0v) is 10.8. The molecule has 2 unspecified atom stereocenters. The van der Waals surface area contributed by atoms with Crippen LogP contribution in [0.3, 0.4) is 0 Å². The highest BCUT2D eigenvalue weighted by atomic mass is 35.5. The van der Waals surface area contributed by atoms with Crippen LogP contribution in [0, 0.1) is 0 Å². The number of nitrogens with two attached hydrogens (primary N) is 1. The van der Waals surface area contributed by atoms with Crippen molar-refractivity contribution in [1.82, 2.24) is 5.32 Å². The van der Waals surface area contributed by atoms with Gasteiger partial charge in [0.25, 0.3) is 0 Å². The van der Waals surface area contributed by atoms with E-state index in [-0.39, 0.29) is 6.54 Å². The van der Waals surface area contributed by atoms with Gasteiger partial charge in [-0.3, -0.25) is 4.79 Å². The largest absolute Gasteiger partial charge is 0.387 e. The van der Waals surface area contributed by atoms with Crippen molar-refractivity contribution in [2.75, 3.05) is 6.54 Å². The maximum Gasteiger partial charge on any atom is 0.234 e. The summed E-state index contributed by atoms with van der Waals surface area (Å²) in [6, 6.07) is 4.33. The molecule has 0 aliphatic rings. The average Bonchev–Trinajstić information content (AvgIpc) is 2.28. The summed E-state index contributed by atoms with van der Waals surface area (Å²) < 4.78 is 0. The third-order valence-electron chi connectivity index (χ3n) is 2.36. The summed E-state index contributed by atoms with van der Waals surface area (Å²) in [7, 11) is 0. The summed E-state index contributed by atoms with van der Waals surface area (Å²) in [6.07, 6.45) is -0.844. The van der Waals surface area contributed by atoms with Crippen LogP contribution in [-0.4, -0.2) is 23.6 Å². The second kappa shape index (κ2) is 6.21. The van der Waals surface area contributed by atoms with E-state index in [0.29, 0.717) is 15.6 Å². The Kier molecular flexibility index (Phi) is 5.21. The fourth-order valence-electron chi connectivity index (χ4n) is 1.27. The molecule has 0 spiro atoms. The molecule has 0 radical (unpaired) electrons. The maximum atomic E-state index is 10.8. The van der Waals surface area contributed by atoms with Crippen LogP contribution in [0.4, 0.5) is 0 Å². The quantitative estimate of drug-likeness (QED) is 0.763. The van der Waals surface area contributed by atoms with E-state index >= 15 is 0 Å². The number of halogens is 2. The fraction of sp³-hybridized carbons (Fsp3) is 0.364. The predicted octanol–water partition coefficient (Wildman–Crippen LogP) is 1.49. The molecule has 1 amide bonds. The highest BCUT2D eigenvalue weighted by molar-refractivity contribution is 6.33. The number of hydrogen-bond donors (Lipinski definition) is 3. The lowest BCUT2D eigenvalue weighted by molar-refractivity contribution is -0.119. The highest BCUT2D eigenvalue weighted by Crippen LogP contribution is 2.25. The van der Waals surface area contributed by atoms with E-state index in [1.165, 1.54) is 0 Å². The first-order valence-electron chi connectivity index (χ1n) is 5.07. The number of hydrogen-bond acceptors (Lipinski definition) is 3. The van der Waals surface area contributed by atoms with Gasteiger partial charge in [0, 0.05) is 22.2 Å². The van der Waals surface area contributed by atoms with Crippen LogP contribution < -0.4 is 11.1 Å². The zero-order valence-electron chi connectivity index (χ0n) is 9.28.